The topological polar surface area (TPSA) is 83.5 Å². The number of hydrogen-bond donors (Lipinski definition) is 0. The van der Waals surface area contributed by atoms with Crippen molar-refractivity contribution in [2.24, 2.45) is 0 Å². The van der Waals surface area contributed by atoms with Gasteiger partial charge in [0.05, 0.1) is 11.7 Å². The van der Waals surface area contributed by atoms with Gasteiger partial charge in [-0.25, -0.2) is 8.42 Å². The molecular formula is C19H20N4O3S2. The molecule has 1 amide bonds. The van der Waals surface area contributed by atoms with E-state index in [9.17, 15) is 13.2 Å². The maximum Gasteiger partial charge on any atom is 0.245 e. The summed E-state index contributed by atoms with van der Waals surface area (Å²) in [5.41, 5.74) is 2.12. The average molecular weight is 417 g/mol. The second-order valence-corrected chi connectivity index (χ2v) is 9.09. The first-order valence-corrected chi connectivity index (χ1v) is 11.3. The maximum absolute atomic E-state index is 13.0. The van der Waals surface area contributed by atoms with Crippen molar-refractivity contribution in [3.05, 3.63) is 54.1 Å². The monoisotopic (exact) mass is 416 g/mol. The number of nitrogens with zero attached hydrogens (tertiary/aromatic N) is 4. The lowest BCUT2D eigenvalue weighted by Crippen LogP contribution is -2.50. The summed E-state index contributed by atoms with van der Waals surface area (Å²) in [6, 6.07) is 14.9. The number of hydrogen-bond acceptors (Lipinski definition) is 6. The number of fused-ring (bicyclic) bond motifs is 1. The van der Waals surface area contributed by atoms with Crippen molar-refractivity contribution >= 4 is 38.7 Å². The van der Waals surface area contributed by atoms with E-state index >= 15 is 0 Å². The molecule has 2 heterocycles. The number of rotatable bonds is 5. The molecule has 1 aromatic heterocycles. The van der Waals surface area contributed by atoms with Gasteiger partial charge in [-0.05, 0) is 24.1 Å². The van der Waals surface area contributed by atoms with Crippen molar-refractivity contribution < 1.29 is 13.2 Å². The highest BCUT2D eigenvalue weighted by molar-refractivity contribution is 7.89. The van der Waals surface area contributed by atoms with Crippen LogP contribution in [0.4, 0.5) is 0 Å². The van der Waals surface area contributed by atoms with Crippen LogP contribution < -0.4 is 0 Å². The van der Waals surface area contributed by atoms with Gasteiger partial charge >= 0.3 is 0 Å². The Morgan fingerprint density at radius 1 is 0.964 bits per heavy atom. The molecule has 1 saturated heterocycles. The van der Waals surface area contributed by atoms with Crippen LogP contribution in [0.1, 0.15) is 12.0 Å². The Balaban J connectivity index is 1.39. The Labute approximate surface area is 168 Å². The number of piperazine rings is 1. The van der Waals surface area contributed by atoms with E-state index in [2.05, 4.69) is 8.75 Å². The lowest BCUT2D eigenvalue weighted by Gasteiger charge is -2.34. The maximum atomic E-state index is 13.0. The molecule has 3 aromatic rings. The third kappa shape index (κ3) is 3.78. The fraction of sp³-hybridized carbons (Fsp3) is 0.316. The van der Waals surface area contributed by atoms with E-state index in [0.29, 0.717) is 37.0 Å². The van der Waals surface area contributed by atoms with Gasteiger partial charge in [-0.2, -0.15) is 13.1 Å². The molecule has 4 rings (SSSR count). The molecule has 0 bridgehead atoms. The lowest BCUT2D eigenvalue weighted by molar-refractivity contribution is -0.132. The molecule has 1 aliphatic heterocycles. The second kappa shape index (κ2) is 7.94. The molecule has 0 N–H and O–H groups in total. The van der Waals surface area contributed by atoms with Gasteiger partial charge < -0.3 is 4.90 Å². The van der Waals surface area contributed by atoms with Crippen LogP contribution in [0.2, 0.25) is 0 Å². The summed E-state index contributed by atoms with van der Waals surface area (Å²) >= 11 is 1.00. The summed E-state index contributed by atoms with van der Waals surface area (Å²) in [5.74, 6) is 0.0618. The van der Waals surface area contributed by atoms with Gasteiger partial charge in [0.25, 0.3) is 0 Å². The quantitative estimate of drug-likeness (QED) is 0.636. The number of amides is 1. The lowest BCUT2D eigenvalue weighted by atomic mass is 10.1. The summed E-state index contributed by atoms with van der Waals surface area (Å²) in [6.45, 7) is 1.37. The van der Waals surface area contributed by atoms with E-state index in [1.165, 1.54) is 4.31 Å². The van der Waals surface area contributed by atoms with Crippen LogP contribution in [0, 0.1) is 0 Å². The van der Waals surface area contributed by atoms with Crippen LogP contribution in [-0.4, -0.2) is 58.5 Å². The molecule has 0 saturated carbocycles. The molecule has 0 atom stereocenters. The Morgan fingerprint density at radius 2 is 1.71 bits per heavy atom. The van der Waals surface area contributed by atoms with Crippen molar-refractivity contribution in [2.45, 2.75) is 17.7 Å². The Bertz CT molecular complexity index is 1070. The van der Waals surface area contributed by atoms with Gasteiger partial charge in [0.2, 0.25) is 15.9 Å². The highest BCUT2D eigenvalue weighted by atomic mass is 32.2. The number of sulfonamides is 1. The highest BCUT2D eigenvalue weighted by Gasteiger charge is 2.31. The van der Waals surface area contributed by atoms with Crippen LogP contribution in [0.25, 0.3) is 11.0 Å². The molecule has 1 aliphatic rings. The molecule has 1 fully saturated rings. The molecule has 146 valence electrons. The fourth-order valence-electron chi connectivity index (χ4n) is 3.36. The van der Waals surface area contributed by atoms with Crippen LogP contribution in [-0.2, 0) is 21.2 Å². The first-order valence-electron chi connectivity index (χ1n) is 9.09. The first kappa shape index (κ1) is 19.0. The molecular weight excluding hydrogens is 396 g/mol. The predicted molar refractivity (Wildman–Crippen MR) is 108 cm³/mol. The Kier molecular flexibility index (Phi) is 5.38. The molecule has 0 radical (unpaired) electrons. The van der Waals surface area contributed by atoms with Gasteiger partial charge in [0, 0.05) is 32.6 Å². The molecule has 2 aromatic carbocycles. The van der Waals surface area contributed by atoms with Gasteiger partial charge in [0.15, 0.2) is 0 Å². The number of benzene rings is 2. The van der Waals surface area contributed by atoms with Crippen molar-refractivity contribution in [3.63, 3.8) is 0 Å². The van der Waals surface area contributed by atoms with Gasteiger partial charge in [-0.3, -0.25) is 4.79 Å². The zero-order chi connectivity index (χ0) is 19.6. The highest BCUT2D eigenvalue weighted by Crippen LogP contribution is 2.25. The minimum atomic E-state index is -3.66. The molecule has 0 spiro atoms. The van der Waals surface area contributed by atoms with Gasteiger partial charge in [-0.1, -0.05) is 36.4 Å². The van der Waals surface area contributed by atoms with Gasteiger partial charge in [-0.15, -0.1) is 0 Å². The zero-order valence-electron chi connectivity index (χ0n) is 15.2. The largest absolute Gasteiger partial charge is 0.340 e. The number of aryl methyl sites for hydroxylation is 1. The standard InChI is InChI=1S/C19H20N4O3S2/c24-18(10-9-15-5-2-1-3-6-15)22-11-13-23(14-12-22)28(25,26)17-8-4-7-16-19(17)21-27-20-16/h1-8H,9-14H2. The van der Waals surface area contributed by atoms with E-state index in [4.69, 9.17) is 0 Å². The Hall–Kier alpha value is -2.36. The summed E-state index contributed by atoms with van der Waals surface area (Å²) in [7, 11) is -3.66. The second-order valence-electron chi connectivity index (χ2n) is 6.66. The summed E-state index contributed by atoms with van der Waals surface area (Å²) in [6.07, 6.45) is 1.12. The van der Waals surface area contributed by atoms with Crippen LogP contribution in [0.3, 0.4) is 0 Å². The first-order chi connectivity index (χ1) is 13.6. The van der Waals surface area contributed by atoms with Crippen molar-refractivity contribution in [1.82, 2.24) is 18.0 Å². The smallest absolute Gasteiger partial charge is 0.245 e. The van der Waals surface area contributed by atoms with E-state index in [-0.39, 0.29) is 23.9 Å². The molecule has 0 unspecified atom stereocenters. The van der Waals surface area contributed by atoms with Crippen LogP contribution >= 0.6 is 11.7 Å². The summed E-state index contributed by atoms with van der Waals surface area (Å²) in [5, 5.41) is 0. The number of aromatic nitrogens is 2. The minimum absolute atomic E-state index is 0.0618. The summed E-state index contributed by atoms with van der Waals surface area (Å²) in [4.78, 5) is 14.4. The molecule has 28 heavy (non-hydrogen) atoms. The molecule has 9 heteroatoms. The minimum Gasteiger partial charge on any atom is -0.340 e. The van der Waals surface area contributed by atoms with E-state index in [0.717, 1.165) is 17.3 Å². The van der Waals surface area contributed by atoms with E-state index in [1.54, 1.807) is 23.1 Å². The Morgan fingerprint density at radius 3 is 2.46 bits per heavy atom. The van der Waals surface area contributed by atoms with Crippen LogP contribution in [0.5, 0.6) is 0 Å². The van der Waals surface area contributed by atoms with Crippen molar-refractivity contribution in [2.75, 3.05) is 26.2 Å². The van der Waals surface area contributed by atoms with Crippen LogP contribution in [0.15, 0.2) is 53.4 Å². The third-order valence-corrected chi connectivity index (χ3v) is 7.40. The molecule has 7 nitrogen and oxygen atoms in total. The fourth-order valence-corrected chi connectivity index (χ4v) is 5.54. The molecule has 0 aliphatic carbocycles. The van der Waals surface area contributed by atoms with Crippen molar-refractivity contribution in [3.8, 4) is 0 Å². The zero-order valence-corrected chi connectivity index (χ0v) is 16.8. The van der Waals surface area contributed by atoms with Crippen molar-refractivity contribution in [1.29, 1.82) is 0 Å². The van der Waals surface area contributed by atoms with E-state index < -0.39 is 10.0 Å². The van der Waals surface area contributed by atoms with E-state index in [1.807, 2.05) is 30.3 Å². The normalized spacial score (nSPS) is 15.8. The third-order valence-electron chi connectivity index (χ3n) is 4.93. The number of carbonyl (C=O) groups excluding carboxylic acids is 1. The average Bonchev–Trinajstić information content (AvgIpc) is 3.21. The summed E-state index contributed by atoms with van der Waals surface area (Å²) < 4.78 is 35.8. The SMILES string of the molecule is O=C(CCc1ccccc1)N1CCN(S(=O)(=O)c2cccc3nsnc23)CC1. The predicted octanol–water partition coefficient (Wildman–Crippen LogP) is 2.16. The van der Waals surface area contributed by atoms with Gasteiger partial charge in [0.1, 0.15) is 15.9 Å². The number of carbonyl (C=O) groups is 1.